The largest absolute Gasteiger partial charge is 0.508 e. The smallest absolute Gasteiger partial charge is 0.246 e. The average molecular weight is 795 g/mol. The third kappa shape index (κ3) is 12.6. The number of unbranched alkanes of at least 4 members (excludes halogenated alkanes) is 3. The first kappa shape index (κ1) is 44.4. The van der Waals surface area contributed by atoms with Crippen molar-refractivity contribution in [3.8, 4) is 11.5 Å². The van der Waals surface area contributed by atoms with Gasteiger partial charge in [-0.25, -0.2) is 0 Å². The number of benzene rings is 4. The number of phenols is 2. The molecule has 4 atom stereocenters. The van der Waals surface area contributed by atoms with Crippen molar-refractivity contribution in [1.29, 1.82) is 10.8 Å². The van der Waals surface area contributed by atoms with Gasteiger partial charge in [0.2, 0.25) is 17.7 Å². The number of carbonyl (C=O) groups is 3. The average Bonchev–Trinajstić information content (AvgIpc) is 3.19. The molecule has 15 N–H and O–H groups in total. The van der Waals surface area contributed by atoms with Gasteiger partial charge in [0, 0.05) is 19.5 Å². The van der Waals surface area contributed by atoms with Crippen LogP contribution in [0.4, 0.5) is 0 Å². The Bertz CT molecular complexity index is 2010. The first-order chi connectivity index (χ1) is 27.7. The number of phenolic OH excluding ortho intramolecular Hbond substituents is 2. The van der Waals surface area contributed by atoms with E-state index >= 15 is 4.79 Å². The Morgan fingerprint density at radius 3 is 1.83 bits per heavy atom. The summed E-state index contributed by atoms with van der Waals surface area (Å²) in [4.78, 5) is 45.2. The van der Waals surface area contributed by atoms with E-state index in [0.29, 0.717) is 36.9 Å². The molecule has 0 aliphatic carbocycles. The highest BCUT2D eigenvalue weighted by atomic mass is 16.3. The summed E-state index contributed by atoms with van der Waals surface area (Å²) in [6, 6.07) is 23.3. The molecular formula is C43H58N10O5. The highest BCUT2D eigenvalue weighted by Crippen LogP contribution is 2.38. The van der Waals surface area contributed by atoms with Crippen molar-refractivity contribution in [3.05, 3.63) is 108 Å². The van der Waals surface area contributed by atoms with Crippen molar-refractivity contribution in [2.75, 3.05) is 13.1 Å². The van der Waals surface area contributed by atoms with Crippen molar-refractivity contribution in [2.24, 2.45) is 22.9 Å². The first-order valence-electron chi connectivity index (χ1n) is 19.6. The number of carbonyl (C=O) groups excluding carboxylic acids is 3. The first-order valence-corrected chi connectivity index (χ1v) is 19.6. The van der Waals surface area contributed by atoms with E-state index in [9.17, 15) is 19.8 Å². The Morgan fingerprint density at radius 2 is 1.24 bits per heavy atom. The number of hydrogen-bond acceptors (Lipinski definition) is 8. The van der Waals surface area contributed by atoms with Gasteiger partial charge in [-0.2, -0.15) is 0 Å². The molecule has 15 heteroatoms. The van der Waals surface area contributed by atoms with Crippen molar-refractivity contribution in [1.82, 2.24) is 20.9 Å². The van der Waals surface area contributed by atoms with Gasteiger partial charge in [-0.15, -0.1) is 0 Å². The summed E-state index contributed by atoms with van der Waals surface area (Å²) in [5, 5.41) is 45.3. The van der Waals surface area contributed by atoms with E-state index in [1.54, 1.807) is 29.2 Å². The third-order valence-corrected chi connectivity index (χ3v) is 10.4. The number of amides is 3. The van der Waals surface area contributed by atoms with Gasteiger partial charge >= 0.3 is 0 Å². The van der Waals surface area contributed by atoms with Crippen LogP contribution >= 0.6 is 0 Å². The molecular weight excluding hydrogens is 737 g/mol. The lowest BCUT2D eigenvalue weighted by Gasteiger charge is -2.47. The lowest BCUT2D eigenvalue weighted by Crippen LogP contribution is -2.64. The van der Waals surface area contributed by atoms with Gasteiger partial charge in [0.25, 0.3) is 0 Å². The lowest BCUT2D eigenvalue weighted by atomic mass is 9.81. The van der Waals surface area contributed by atoms with E-state index in [0.717, 1.165) is 29.2 Å². The fourth-order valence-electron chi connectivity index (χ4n) is 7.34. The van der Waals surface area contributed by atoms with Gasteiger partial charge in [0.05, 0.1) is 12.1 Å². The third-order valence-electron chi connectivity index (χ3n) is 10.4. The molecule has 0 radical (unpaired) electrons. The Labute approximate surface area is 339 Å². The zero-order chi connectivity index (χ0) is 42.2. The monoisotopic (exact) mass is 794 g/mol. The minimum Gasteiger partial charge on any atom is -0.508 e. The van der Waals surface area contributed by atoms with Gasteiger partial charge in [-0.1, -0.05) is 79.9 Å². The predicted octanol–water partition coefficient (Wildman–Crippen LogP) is 3.36. The maximum atomic E-state index is 15.6. The lowest BCUT2D eigenvalue weighted by molar-refractivity contribution is -0.154. The molecule has 0 saturated heterocycles. The summed E-state index contributed by atoms with van der Waals surface area (Å²) in [6.45, 7) is 2.61. The molecule has 0 aromatic heterocycles. The number of nitrogens with zero attached hydrogens (tertiary/aromatic N) is 1. The van der Waals surface area contributed by atoms with E-state index < -0.39 is 41.4 Å². The summed E-state index contributed by atoms with van der Waals surface area (Å²) in [5.74, 6) is -2.11. The van der Waals surface area contributed by atoms with Crippen LogP contribution in [0.5, 0.6) is 11.5 Å². The molecule has 15 nitrogen and oxygen atoms in total. The van der Waals surface area contributed by atoms with Crippen LogP contribution in [-0.2, 0) is 27.2 Å². The number of fused-ring (bicyclic) bond motifs is 1. The van der Waals surface area contributed by atoms with Crippen LogP contribution in [0.15, 0.2) is 91.0 Å². The number of aromatic hydroxyl groups is 2. The molecule has 310 valence electrons. The molecule has 58 heavy (non-hydrogen) atoms. The number of rotatable bonds is 22. The molecule has 4 rings (SSSR count). The van der Waals surface area contributed by atoms with E-state index in [1.165, 1.54) is 24.3 Å². The molecule has 0 unspecified atom stereocenters. The van der Waals surface area contributed by atoms with E-state index in [-0.39, 0.29) is 55.6 Å². The zero-order valence-corrected chi connectivity index (χ0v) is 33.0. The maximum Gasteiger partial charge on any atom is 0.246 e. The quantitative estimate of drug-likeness (QED) is 0.0313. The topological polar surface area (TPSA) is 283 Å². The van der Waals surface area contributed by atoms with Crippen LogP contribution < -0.4 is 38.9 Å². The molecule has 0 aliphatic heterocycles. The molecule has 0 saturated carbocycles. The second-order valence-electron chi connectivity index (χ2n) is 14.7. The minimum atomic E-state index is -1.57. The van der Waals surface area contributed by atoms with E-state index in [1.807, 2.05) is 49.4 Å². The van der Waals surface area contributed by atoms with E-state index in [2.05, 4.69) is 16.0 Å². The summed E-state index contributed by atoms with van der Waals surface area (Å²) in [6.07, 6.45) is 3.47. The Balaban J connectivity index is 1.81. The zero-order valence-electron chi connectivity index (χ0n) is 33.0. The fraction of sp³-hybridized carbons (Fsp3) is 0.372. The Hall–Kier alpha value is -6.35. The SMILES string of the molecule is C[C@H](c1ccc2ccccc2c1)N(C(=O)[C@H](Cc1ccc(O)cc1)NC(=O)[C@@H](N)Cc1ccc(O)cc1)[C@@](CCCCCCNC(=N)N)(CCCNC(=N)N)C(N)=O. The Morgan fingerprint density at radius 1 is 0.707 bits per heavy atom. The molecule has 0 bridgehead atoms. The Kier molecular flexibility index (Phi) is 16.3. The van der Waals surface area contributed by atoms with Crippen LogP contribution in [-0.4, -0.2) is 75.5 Å². The van der Waals surface area contributed by atoms with Crippen LogP contribution in [0.2, 0.25) is 0 Å². The van der Waals surface area contributed by atoms with Gasteiger partial charge in [-0.05, 0) is 96.8 Å². The molecule has 0 spiro atoms. The van der Waals surface area contributed by atoms with Gasteiger partial charge in [0.1, 0.15) is 23.1 Å². The number of nitrogens with one attached hydrogen (secondary N) is 5. The molecule has 0 fully saturated rings. The fourth-order valence-corrected chi connectivity index (χ4v) is 7.34. The van der Waals surface area contributed by atoms with Gasteiger partial charge in [-0.3, -0.25) is 25.2 Å². The van der Waals surface area contributed by atoms with Crippen molar-refractivity contribution >= 4 is 40.4 Å². The summed E-state index contributed by atoms with van der Waals surface area (Å²) in [7, 11) is 0. The van der Waals surface area contributed by atoms with Crippen LogP contribution in [0, 0.1) is 10.8 Å². The predicted molar refractivity (Wildman–Crippen MR) is 227 cm³/mol. The summed E-state index contributed by atoms with van der Waals surface area (Å²) < 4.78 is 0. The van der Waals surface area contributed by atoms with Crippen LogP contribution in [0.1, 0.15) is 74.6 Å². The number of nitrogens with two attached hydrogens (primary N) is 4. The summed E-state index contributed by atoms with van der Waals surface area (Å²) in [5.41, 5.74) is 24.4. The highest BCUT2D eigenvalue weighted by molar-refractivity contribution is 5.95. The second-order valence-corrected chi connectivity index (χ2v) is 14.7. The van der Waals surface area contributed by atoms with Crippen molar-refractivity contribution < 1.29 is 24.6 Å². The number of guanidine groups is 2. The van der Waals surface area contributed by atoms with Crippen LogP contribution in [0.3, 0.4) is 0 Å². The van der Waals surface area contributed by atoms with Gasteiger partial charge < -0.3 is 54.0 Å². The highest BCUT2D eigenvalue weighted by Gasteiger charge is 2.48. The molecule has 0 aliphatic rings. The molecule has 0 heterocycles. The maximum absolute atomic E-state index is 15.6. The number of primary amides is 1. The molecule has 3 amide bonds. The normalized spacial score (nSPS) is 13.7. The van der Waals surface area contributed by atoms with Crippen LogP contribution in [0.25, 0.3) is 10.8 Å². The van der Waals surface area contributed by atoms with Crippen molar-refractivity contribution in [2.45, 2.75) is 88.4 Å². The van der Waals surface area contributed by atoms with Crippen molar-refractivity contribution in [3.63, 3.8) is 0 Å². The van der Waals surface area contributed by atoms with E-state index in [4.69, 9.17) is 33.8 Å². The molecule has 4 aromatic carbocycles. The standard InChI is InChI=1S/C43H58N10O5/c1-28(32-16-15-31-9-4-5-10-33(31)27-32)53(43(40(45)58,22-8-24-51-42(48)49)21-6-2-3-7-23-50-41(46)47)39(57)37(26-30-13-19-35(55)20-14-30)52-38(56)36(44)25-29-11-17-34(54)18-12-29/h4-5,9-20,27-28,36-37,54-55H,2-3,6-8,21-26,44H2,1H3,(H2,45,58)(H,52,56)(H4,46,47,50)(H4,48,49,51)/t28-,36+,37+,43+/m1/s1. The minimum absolute atomic E-state index is 0.00159. The second kappa shape index (κ2) is 21.3. The summed E-state index contributed by atoms with van der Waals surface area (Å²) >= 11 is 0. The molecule has 4 aromatic rings. The van der Waals surface area contributed by atoms with Gasteiger partial charge in [0.15, 0.2) is 11.9 Å². The number of hydrogen-bond donors (Lipinski definition) is 11.